The van der Waals surface area contributed by atoms with E-state index in [4.69, 9.17) is 34.8 Å². The van der Waals surface area contributed by atoms with Crippen LogP contribution in [0, 0.1) is 0 Å². The Morgan fingerprint density at radius 2 is 1.68 bits per heavy atom. The van der Waals surface area contributed by atoms with Crippen LogP contribution in [0.3, 0.4) is 0 Å². The van der Waals surface area contributed by atoms with Gasteiger partial charge in [0.2, 0.25) is 0 Å². The molecule has 0 spiro atoms. The summed E-state index contributed by atoms with van der Waals surface area (Å²) in [6.07, 6.45) is 0. The van der Waals surface area contributed by atoms with Gasteiger partial charge in [-0.2, -0.15) is 0 Å². The van der Waals surface area contributed by atoms with Gasteiger partial charge in [0, 0.05) is 11.5 Å². The van der Waals surface area contributed by atoms with Crippen LogP contribution in [0.25, 0.3) is 0 Å². The van der Waals surface area contributed by atoms with Gasteiger partial charge in [0.25, 0.3) is 0 Å². The molecule has 0 saturated heterocycles. The van der Waals surface area contributed by atoms with Gasteiger partial charge in [0.1, 0.15) is 5.82 Å². The monoisotopic (exact) mass is 379 g/mol. The molecule has 0 aliphatic carbocycles. The number of halogens is 4. The minimum absolute atomic E-state index is 0.419. The van der Waals surface area contributed by atoms with E-state index in [1.807, 2.05) is 12.1 Å². The maximum atomic E-state index is 6.13. The van der Waals surface area contributed by atoms with Crippen LogP contribution >= 0.6 is 50.7 Å². The van der Waals surface area contributed by atoms with E-state index in [1.54, 1.807) is 19.2 Å². The lowest BCUT2D eigenvalue weighted by atomic mass is 10.3. The smallest absolute Gasteiger partial charge is 0.151 e. The number of pyridine rings is 1. The average molecular weight is 381 g/mol. The van der Waals surface area contributed by atoms with E-state index in [0.29, 0.717) is 32.4 Å². The molecule has 0 aliphatic heterocycles. The molecule has 3 nitrogen and oxygen atoms in total. The van der Waals surface area contributed by atoms with Crippen molar-refractivity contribution >= 4 is 68.1 Å². The molecule has 0 fully saturated rings. The molecule has 0 saturated carbocycles. The number of hydrogen-bond acceptors (Lipinski definition) is 3. The number of hydrogen-bond donors (Lipinski definition) is 2. The number of benzene rings is 1. The van der Waals surface area contributed by atoms with Gasteiger partial charge in [0.05, 0.1) is 20.8 Å². The fraction of sp³-hybridized carbons (Fsp3) is 0.0833. The molecule has 19 heavy (non-hydrogen) atoms. The van der Waals surface area contributed by atoms with Crippen molar-refractivity contribution in [2.75, 3.05) is 17.7 Å². The molecular formula is C12H9BrCl3N3. The van der Waals surface area contributed by atoms with Gasteiger partial charge >= 0.3 is 0 Å². The van der Waals surface area contributed by atoms with E-state index < -0.39 is 0 Å². The predicted octanol–water partition coefficient (Wildman–Crippen LogP) is 5.59. The van der Waals surface area contributed by atoms with E-state index in [0.717, 1.165) is 4.47 Å². The molecule has 0 bridgehead atoms. The van der Waals surface area contributed by atoms with Crippen LogP contribution in [0.1, 0.15) is 0 Å². The zero-order valence-corrected chi connectivity index (χ0v) is 13.6. The second-order valence-corrected chi connectivity index (χ2v) is 5.79. The number of nitrogens with zero attached hydrogens (tertiary/aromatic N) is 1. The van der Waals surface area contributed by atoms with Crippen molar-refractivity contribution in [2.24, 2.45) is 0 Å². The number of aromatic nitrogens is 1. The Hall–Kier alpha value is -0.680. The molecular weight excluding hydrogens is 372 g/mol. The first-order chi connectivity index (χ1) is 9.01. The summed E-state index contributed by atoms with van der Waals surface area (Å²) in [5.74, 6) is 1.03. The van der Waals surface area contributed by atoms with E-state index >= 15 is 0 Å². The largest absolute Gasteiger partial charge is 0.372 e. The Kier molecular flexibility index (Phi) is 4.79. The minimum atomic E-state index is 0.419. The van der Waals surface area contributed by atoms with Crippen molar-refractivity contribution in [1.29, 1.82) is 0 Å². The molecule has 2 N–H and O–H groups in total. The molecule has 0 radical (unpaired) electrons. The molecule has 1 aromatic carbocycles. The van der Waals surface area contributed by atoms with Crippen LogP contribution in [-0.4, -0.2) is 12.0 Å². The molecule has 0 aliphatic rings. The third-order valence-electron chi connectivity index (χ3n) is 2.35. The maximum Gasteiger partial charge on any atom is 0.151 e. The Bertz CT molecular complexity index is 619. The third kappa shape index (κ3) is 3.45. The summed E-state index contributed by atoms with van der Waals surface area (Å²) < 4.78 is 0.897. The zero-order chi connectivity index (χ0) is 14.0. The van der Waals surface area contributed by atoms with Gasteiger partial charge in [-0.05, 0) is 24.3 Å². The van der Waals surface area contributed by atoms with Gasteiger partial charge in [0.15, 0.2) is 5.82 Å². The van der Waals surface area contributed by atoms with Crippen LogP contribution in [0.15, 0.2) is 28.7 Å². The highest BCUT2D eigenvalue weighted by Crippen LogP contribution is 2.33. The molecule has 2 aromatic rings. The van der Waals surface area contributed by atoms with Crippen LogP contribution in [0.4, 0.5) is 17.3 Å². The standard InChI is InChI=1S/C12H9BrCl3N3/c1-17-11-8(15)5-9(16)12(19-11)18-10-3-2-6(13)4-7(10)14/h2-5H,1H3,(H2,17,18,19). The topological polar surface area (TPSA) is 37.0 Å². The van der Waals surface area contributed by atoms with Crippen molar-refractivity contribution in [3.05, 3.63) is 43.8 Å². The summed E-state index contributed by atoms with van der Waals surface area (Å²) in [5, 5.41) is 7.41. The van der Waals surface area contributed by atoms with Crippen molar-refractivity contribution < 1.29 is 0 Å². The Balaban J connectivity index is 2.37. The zero-order valence-electron chi connectivity index (χ0n) is 9.77. The first kappa shape index (κ1) is 14.7. The minimum Gasteiger partial charge on any atom is -0.372 e. The quantitative estimate of drug-likeness (QED) is 0.728. The van der Waals surface area contributed by atoms with Gasteiger partial charge in [-0.1, -0.05) is 50.7 Å². The highest BCUT2D eigenvalue weighted by molar-refractivity contribution is 9.10. The molecule has 0 unspecified atom stereocenters. The van der Waals surface area contributed by atoms with Crippen LogP contribution < -0.4 is 10.6 Å². The lowest BCUT2D eigenvalue weighted by Crippen LogP contribution is -2.00. The van der Waals surface area contributed by atoms with Crippen molar-refractivity contribution in [2.45, 2.75) is 0 Å². The SMILES string of the molecule is CNc1nc(Nc2ccc(Br)cc2Cl)c(Cl)cc1Cl. The van der Waals surface area contributed by atoms with Crippen molar-refractivity contribution in [1.82, 2.24) is 4.98 Å². The van der Waals surface area contributed by atoms with Gasteiger partial charge < -0.3 is 10.6 Å². The lowest BCUT2D eigenvalue weighted by molar-refractivity contribution is 1.27. The Morgan fingerprint density at radius 1 is 1.00 bits per heavy atom. The fourth-order valence-electron chi connectivity index (χ4n) is 1.45. The Morgan fingerprint density at radius 3 is 2.32 bits per heavy atom. The first-order valence-corrected chi connectivity index (χ1v) is 7.20. The van der Waals surface area contributed by atoms with E-state index in [-0.39, 0.29) is 0 Å². The maximum absolute atomic E-state index is 6.13. The van der Waals surface area contributed by atoms with Crippen LogP contribution in [0.2, 0.25) is 15.1 Å². The highest BCUT2D eigenvalue weighted by atomic mass is 79.9. The molecule has 1 aromatic heterocycles. The van der Waals surface area contributed by atoms with Crippen LogP contribution in [0.5, 0.6) is 0 Å². The van der Waals surface area contributed by atoms with Crippen LogP contribution in [-0.2, 0) is 0 Å². The van der Waals surface area contributed by atoms with E-state index in [9.17, 15) is 0 Å². The fourth-order valence-corrected chi connectivity index (χ4v) is 2.67. The van der Waals surface area contributed by atoms with E-state index in [2.05, 4.69) is 31.5 Å². The summed E-state index contributed by atoms with van der Waals surface area (Å²) in [7, 11) is 1.73. The molecule has 0 amide bonds. The van der Waals surface area contributed by atoms with E-state index in [1.165, 1.54) is 0 Å². The second-order valence-electron chi connectivity index (χ2n) is 3.65. The Labute approximate surface area is 134 Å². The molecule has 2 rings (SSSR count). The summed E-state index contributed by atoms with van der Waals surface area (Å²) >= 11 is 21.6. The van der Waals surface area contributed by atoms with Crippen molar-refractivity contribution in [3.63, 3.8) is 0 Å². The molecule has 1 heterocycles. The molecule has 100 valence electrons. The summed E-state index contributed by atoms with van der Waals surface area (Å²) in [6.45, 7) is 0. The van der Waals surface area contributed by atoms with Gasteiger partial charge in [-0.15, -0.1) is 0 Å². The third-order valence-corrected chi connectivity index (χ3v) is 3.73. The first-order valence-electron chi connectivity index (χ1n) is 5.27. The van der Waals surface area contributed by atoms with Gasteiger partial charge in [-0.3, -0.25) is 0 Å². The van der Waals surface area contributed by atoms with Crippen molar-refractivity contribution in [3.8, 4) is 0 Å². The lowest BCUT2D eigenvalue weighted by Gasteiger charge is -2.12. The number of nitrogens with one attached hydrogen (secondary N) is 2. The highest BCUT2D eigenvalue weighted by Gasteiger charge is 2.10. The molecule has 7 heteroatoms. The second kappa shape index (κ2) is 6.18. The summed E-state index contributed by atoms with van der Waals surface area (Å²) in [4.78, 5) is 4.29. The van der Waals surface area contributed by atoms with Gasteiger partial charge in [-0.25, -0.2) is 4.98 Å². The predicted molar refractivity (Wildman–Crippen MR) is 86.2 cm³/mol. The molecule has 0 atom stereocenters. The summed E-state index contributed by atoms with van der Waals surface area (Å²) in [5.41, 5.74) is 0.712. The average Bonchev–Trinajstić information content (AvgIpc) is 2.35. The summed E-state index contributed by atoms with van der Waals surface area (Å²) in [6, 6.07) is 7.11. The number of rotatable bonds is 3. The normalized spacial score (nSPS) is 10.4. The number of anilines is 3.